The lowest BCUT2D eigenvalue weighted by molar-refractivity contribution is 0.232. The van der Waals surface area contributed by atoms with Gasteiger partial charge in [-0.25, -0.2) is 4.98 Å². The average Bonchev–Trinajstić information content (AvgIpc) is 2.34. The quantitative estimate of drug-likeness (QED) is 0.545. The van der Waals surface area contributed by atoms with E-state index in [4.69, 9.17) is 4.74 Å². The Kier molecular flexibility index (Phi) is 7.01. The Morgan fingerprint density at radius 3 is 2.78 bits per heavy atom. The number of hydrogen-bond donors (Lipinski definition) is 0. The Balaban J connectivity index is 2.48. The van der Waals surface area contributed by atoms with Gasteiger partial charge in [0.15, 0.2) is 0 Å². The normalized spacial score (nSPS) is 10.7. The van der Waals surface area contributed by atoms with Crippen LogP contribution in [0.4, 0.5) is 5.95 Å². The molecule has 1 aromatic rings. The third-order valence-electron chi connectivity index (χ3n) is 2.44. The standard InChI is InChI=1S/C13H22BrN3O/c1-11(2)18-12-7-9-15-13(16-12)17(3)10-6-4-5-8-14/h7,9,11H,4-6,8,10H2,1-3H3. The Morgan fingerprint density at radius 1 is 1.33 bits per heavy atom. The molecule has 0 unspecified atom stereocenters. The zero-order valence-corrected chi connectivity index (χ0v) is 13.0. The average molecular weight is 316 g/mol. The van der Waals surface area contributed by atoms with E-state index < -0.39 is 0 Å². The molecule has 0 aliphatic rings. The van der Waals surface area contributed by atoms with Gasteiger partial charge in [-0.05, 0) is 26.7 Å². The van der Waals surface area contributed by atoms with Crippen LogP contribution in [0.3, 0.4) is 0 Å². The number of halogens is 1. The summed E-state index contributed by atoms with van der Waals surface area (Å²) >= 11 is 3.44. The second kappa shape index (κ2) is 8.29. The van der Waals surface area contributed by atoms with E-state index in [1.807, 2.05) is 20.9 Å². The van der Waals surface area contributed by atoms with Crippen molar-refractivity contribution in [2.75, 3.05) is 23.8 Å². The number of rotatable bonds is 8. The number of alkyl halides is 1. The molecule has 0 fully saturated rings. The van der Waals surface area contributed by atoms with Gasteiger partial charge in [-0.2, -0.15) is 4.98 Å². The SMILES string of the molecule is CC(C)Oc1ccnc(N(C)CCCCCBr)n1. The van der Waals surface area contributed by atoms with Crippen LogP contribution < -0.4 is 9.64 Å². The molecule has 0 aliphatic heterocycles. The minimum Gasteiger partial charge on any atom is -0.475 e. The van der Waals surface area contributed by atoms with Crippen LogP contribution >= 0.6 is 15.9 Å². The summed E-state index contributed by atoms with van der Waals surface area (Å²) < 4.78 is 5.56. The Hall–Kier alpha value is -0.840. The van der Waals surface area contributed by atoms with Gasteiger partial charge in [0, 0.05) is 31.2 Å². The maximum Gasteiger partial charge on any atom is 0.228 e. The van der Waals surface area contributed by atoms with Crippen molar-refractivity contribution in [3.63, 3.8) is 0 Å². The third-order valence-corrected chi connectivity index (χ3v) is 3.00. The van der Waals surface area contributed by atoms with Crippen molar-refractivity contribution in [2.45, 2.75) is 39.2 Å². The van der Waals surface area contributed by atoms with Crippen LogP contribution in [0.15, 0.2) is 12.3 Å². The lowest BCUT2D eigenvalue weighted by atomic mass is 10.2. The number of ether oxygens (including phenoxy) is 1. The van der Waals surface area contributed by atoms with E-state index in [-0.39, 0.29) is 6.10 Å². The lowest BCUT2D eigenvalue weighted by Gasteiger charge is -2.17. The second-order valence-corrected chi connectivity index (χ2v) is 5.33. The maximum absolute atomic E-state index is 5.56. The second-order valence-electron chi connectivity index (χ2n) is 4.53. The molecule has 0 radical (unpaired) electrons. The lowest BCUT2D eigenvalue weighted by Crippen LogP contribution is -2.21. The Morgan fingerprint density at radius 2 is 2.11 bits per heavy atom. The van der Waals surface area contributed by atoms with E-state index >= 15 is 0 Å². The van der Waals surface area contributed by atoms with Crippen LogP contribution in [-0.4, -0.2) is 35.0 Å². The molecule has 4 nitrogen and oxygen atoms in total. The number of aromatic nitrogens is 2. The van der Waals surface area contributed by atoms with Gasteiger partial charge in [-0.3, -0.25) is 0 Å². The van der Waals surface area contributed by atoms with Gasteiger partial charge in [-0.15, -0.1) is 0 Å². The van der Waals surface area contributed by atoms with E-state index in [1.165, 1.54) is 12.8 Å². The molecule has 1 aromatic heterocycles. The van der Waals surface area contributed by atoms with Crippen LogP contribution in [0.2, 0.25) is 0 Å². The summed E-state index contributed by atoms with van der Waals surface area (Å²) in [6, 6.07) is 1.79. The Labute approximate surface area is 118 Å². The first-order valence-electron chi connectivity index (χ1n) is 6.40. The summed E-state index contributed by atoms with van der Waals surface area (Å²) in [7, 11) is 2.02. The highest BCUT2D eigenvalue weighted by Crippen LogP contribution is 2.13. The third kappa shape index (κ3) is 5.67. The fraction of sp³-hybridized carbons (Fsp3) is 0.692. The highest BCUT2D eigenvalue weighted by molar-refractivity contribution is 9.09. The van der Waals surface area contributed by atoms with Gasteiger partial charge in [0.25, 0.3) is 0 Å². The van der Waals surface area contributed by atoms with E-state index in [1.54, 1.807) is 12.3 Å². The van der Waals surface area contributed by atoms with Crippen molar-refractivity contribution in [2.24, 2.45) is 0 Å². The number of anilines is 1. The fourth-order valence-electron chi connectivity index (χ4n) is 1.54. The first kappa shape index (κ1) is 15.2. The predicted molar refractivity (Wildman–Crippen MR) is 78.7 cm³/mol. The molecule has 18 heavy (non-hydrogen) atoms. The Bertz CT molecular complexity index is 347. The molecule has 102 valence electrons. The molecule has 0 N–H and O–H groups in total. The highest BCUT2D eigenvalue weighted by Gasteiger charge is 2.06. The number of hydrogen-bond acceptors (Lipinski definition) is 4. The zero-order chi connectivity index (χ0) is 13.4. The van der Waals surface area contributed by atoms with Gasteiger partial charge in [-0.1, -0.05) is 22.4 Å². The molecular formula is C13H22BrN3O. The molecule has 1 rings (SSSR count). The molecule has 0 bridgehead atoms. The molecule has 0 atom stereocenters. The van der Waals surface area contributed by atoms with Gasteiger partial charge in [0.1, 0.15) is 0 Å². The molecule has 0 spiro atoms. The maximum atomic E-state index is 5.56. The molecule has 0 saturated heterocycles. The van der Waals surface area contributed by atoms with Crippen LogP contribution in [0.5, 0.6) is 5.88 Å². The van der Waals surface area contributed by atoms with Crippen LogP contribution in [0.25, 0.3) is 0 Å². The van der Waals surface area contributed by atoms with E-state index in [2.05, 4.69) is 30.8 Å². The van der Waals surface area contributed by atoms with Crippen molar-refractivity contribution in [3.8, 4) is 5.88 Å². The summed E-state index contributed by atoms with van der Waals surface area (Å²) in [5, 5.41) is 1.07. The van der Waals surface area contributed by atoms with E-state index in [0.717, 1.165) is 24.2 Å². The van der Waals surface area contributed by atoms with Crippen molar-refractivity contribution in [1.29, 1.82) is 0 Å². The predicted octanol–water partition coefficient (Wildman–Crippen LogP) is 3.27. The molecular weight excluding hydrogens is 294 g/mol. The fourth-order valence-corrected chi connectivity index (χ4v) is 1.94. The molecule has 0 aliphatic carbocycles. The molecule has 0 saturated carbocycles. The molecule has 5 heteroatoms. The van der Waals surface area contributed by atoms with Crippen LogP contribution in [0.1, 0.15) is 33.1 Å². The summed E-state index contributed by atoms with van der Waals surface area (Å²) in [6.45, 7) is 4.95. The summed E-state index contributed by atoms with van der Waals surface area (Å²) in [6.07, 6.45) is 5.47. The first-order chi connectivity index (χ1) is 8.63. The topological polar surface area (TPSA) is 38.2 Å². The largest absolute Gasteiger partial charge is 0.475 e. The van der Waals surface area contributed by atoms with Crippen molar-refractivity contribution in [3.05, 3.63) is 12.3 Å². The van der Waals surface area contributed by atoms with Crippen molar-refractivity contribution < 1.29 is 4.74 Å². The molecule has 0 aromatic carbocycles. The minimum atomic E-state index is 0.136. The first-order valence-corrected chi connectivity index (χ1v) is 7.52. The van der Waals surface area contributed by atoms with Gasteiger partial charge in [0.2, 0.25) is 11.8 Å². The molecule has 1 heterocycles. The van der Waals surface area contributed by atoms with E-state index in [0.29, 0.717) is 5.88 Å². The minimum absolute atomic E-state index is 0.136. The highest BCUT2D eigenvalue weighted by atomic mass is 79.9. The van der Waals surface area contributed by atoms with Gasteiger partial charge in [0.05, 0.1) is 6.10 Å². The van der Waals surface area contributed by atoms with Gasteiger partial charge >= 0.3 is 0 Å². The molecule has 0 amide bonds. The van der Waals surface area contributed by atoms with Crippen LogP contribution in [0, 0.1) is 0 Å². The van der Waals surface area contributed by atoms with Crippen molar-refractivity contribution >= 4 is 21.9 Å². The number of nitrogens with zero attached hydrogens (tertiary/aromatic N) is 3. The number of unbranched alkanes of at least 4 members (excludes halogenated alkanes) is 2. The monoisotopic (exact) mass is 315 g/mol. The van der Waals surface area contributed by atoms with Gasteiger partial charge < -0.3 is 9.64 Å². The van der Waals surface area contributed by atoms with E-state index in [9.17, 15) is 0 Å². The zero-order valence-electron chi connectivity index (χ0n) is 11.4. The summed E-state index contributed by atoms with van der Waals surface area (Å²) in [4.78, 5) is 10.7. The summed E-state index contributed by atoms with van der Waals surface area (Å²) in [5.41, 5.74) is 0. The smallest absolute Gasteiger partial charge is 0.228 e. The summed E-state index contributed by atoms with van der Waals surface area (Å²) in [5.74, 6) is 1.37. The van der Waals surface area contributed by atoms with Crippen LogP contribution in [-0.2, 0) is 0 Å². The van der Waals surface area contributed by atoms with Crippen molar-refractivity contribution in [1.82, 2.24) is 9.97 Å².